The molecule has 2 N–H and O–H groups in total. The first-order valence-corrected chi connectivity index (χ1v) is 12.2. The van der Waals surface area contributed by atoms with Crippen molar-refractivity contribution in [1.82, 2.24) is 5.32 Å². The molecule has 0 aromatic heterocycles. The van der Waals surface area contributed by atoms with Crippen molar-refractivity contribution in [1.29, 1.82) is 0 Å². The average Bonchev–Trinajstić information content (AvgIpc) is 3.26. The molecule has 0 unspecified atom stereocenters. The predicted octanol–water partition coefficient (Wildman–Crippen LogP) is 3.98. The van der Waals surface area contributed by atoms with Crippen molar-refractivity contribution in [2.45, 2.75) is 64.5 Å². The fourth-order valence-corrected chi connectivity index (χ4v) is 4.69. The van der Waals surface area contributed by atoms with Crippen LogP contribution in [0.15, 0.2) is 24.3 Å². The predicted molar refractivity (Wildman–Crippen MR) is 127 cm³/mol. The summed E-state index contributed by atoms with van der Waals surface area (Å²) in [5, 5.41) is 13.3. The van der Waals surface area contributed by atoms with Gasteiger partial charge in [-0.15, -0.1) is 0 Å². The minimum Gasteiger partial charge on any atom is -0.481 e. The number of nitrogens with one attached hydrogen (secondary N) is 1. The van der Waals surface area contributed by atoms with Crippen LogP contribution in [0.4, 0.5) is 0 Å². The quantitative estimate of drug-likeness (QED) is 0.352. The Morgan fingerprint density at radius 2 is 1.97 bits per heavy atom. The molecule has 0 aliphatic heterocycles. The molecule has 1 fully saturated rings. The van der Waals surface area contributed by atoms with Crippen LogP contribution in [0, 0.1) is 11.3 Å². The van der Waals surface area contributed by atoms with E-state index >= 15 is 0 Å². The number of benzene rings is 1. The molecule has 9 heteroatoms. The zero-order valence-electron chi connectivity index (χ0n) is 20.0. The number of carbonyl (C=O) groups is 3. The summed E-state index contributed by atoms with van der Waals surface area (Å²) in [5.74, 6) is -2.26. The summed E-state index contributed by atoms with van der Waals surface area (Å²) in [7, 11) is 1.53. The Kier molecular flexibility index (Phi) is 11.8. The lowest BCUT2D eigenvalue weighted by atomic mass is 9.75. The van der Waals surface area contributed by atoms with Gasteiger partial charge in [0.2, 0.25) is 5.91 Å². The number of ether oxygens (including phenoxy) is 3. The first-order valence-electron chi connectivity index (χ1n) is 11.8. The summed E-state index contributed by atoms with van der Waals surface area (Å²) in [4.78, 5) is 37.4. The Labute approximate surface area is 206 Å². The van der Waals surface area contributed by atoms with Gasteiger partial charge in [-0.2, -0.15) is 0 Å². The van der Waals surface area contributed by atoms with Crippen molar-refractivity contribution in [2.24, 2.45) is 11.3 Å². The van der Waals surface area contributed by atoms with Gasteiger partial charge in [0.1, 0.15) is 0 Å². The average molecular weight is 498 g/mol. The number of halogens is 1. The second-order valence-corrected chi connectivity index (χ2v) is 9.27. The van der Waals surface area contributed by atoms with Gasteiger partial charge >= 0.3 is 11.9 Å². The van der Waals surface area contributed by atoms with Crippen LogP contribution >= 0.6 is 11.6 Å². The molecular weight excluding hydrogens is 462 g/mol. The van der Waals surface area contributed by atoms with Crippen LogP contribution in [0.5, 0.6) is 0 Å². The Balaban J connectivity index is 2.08. The standard InChI is InChI=1S/C25H36ClNO7/c1-3-34-22(28)14-21(17-33-16-18-7-6-8-20(26)13-18)27-24(31)25(10-4-5-11-25)15-19(23(29)30)9-12-32-2/h6-8,13,19,21H,3-5,9-12,14-17H2,1-2H3,(H,27,31)(H,29,30)/t19-,21+/m1/s1. The van der Waals surface area contributed by atoms with Gasteiger partial charge < -0.3 is 24.6 Å². The van der Waals surface area contributed by atoms with Gasteiger partial charge in [-0.25, -0.2) is 0 Å². The van der Waals surface area contributed by atoms with E-state index in [-0.39, 0.29) is 38.6 Å². The number of rotatable bonds is 15. The van der Waals surface area contributed by atoms with E-state index in [1.165, 1.54) is 7.11 Å². The maximum atomic E-state index is 13.5. The van der Waals surface area contributed by atoms with Gasteiger partial charge in [0.15, 0.2) is 0 Å². The monoisotopic (exact) mass is 497 g/mol. The SMILES string of the molecule is CCOC(=O)C[C@@H](COCc1cccc(Cl)c1)NC(=O)C1(C[C@@H](CCOC)C(=O)O)CCCC1. The molecule has 1 amide bonds. The summed E-state index contributed by atoms with van der Waals surface area (Å²) < 4.78 is 15.9. The van der Waals surface area contributed by atoms with Gasteiger partial charge in [-0.1, -0.05) is 36.6 Å². The first kappa shape index (κ1) is 28.1. The Bertz CT molecular complexity index is 810. The molecular formula is C25H36ClNO7. The second kappa shape index (κ2) is 14.3. The van der Waals surface area contributed by atoms with E-state index in [4.69, 9.17) is 25.8 Å². The van der Waals surface area contributed by atoms with Crippen molar-refractivity contribution in [3.63, 3.8) is 0 Å². The Morgan fingerprint density at radius 1 is 1.24 bits per heavy atom. The molecule has 0 heterocycles. The highest BCUT2D eigenvalue weighted by Crippen LogP contribution is 2.44. The Morgan fingerprint density at radius 3 is 2.59 bits per heavy atom. The minimum atomic E-state index is -0.927. The Hall–Kier alpha value is -2.16. The highest BCUT2D eigenvalue weighted by Gasteiger charge is 2.44. The van der Waals surface area contributed by atoms with Crippen LogP contribution in [0.2, 0.25) is 5.02 Å². The zero-order valence-corrected chi connectivity index (χ0v) is 20.8. The summed E-state index contributed by atoms with van der Waals surface area (Å²) in [6, 6.07) is 6.67. The highest BCUT2D eigenvalue weighted by molar-refractivity contribution is 6.30. The van der Waals surface area contributed by atoms with Crippen molar-refractivity contribution >= 4 is 29.4 Å². The third kappa shape index (κ3) is 8.89. The molecule has 0 spiro atoms. The number of esters is 1. The topological polar surface area (TPSA) is 111 Å². The van der Waals surface area contributed by atoms with Gasteiger partial charge in [0.25, 0.3) is 0 Å². The van der Waals surface area contributed by atoms with E-state index in [2.05, 4.69) is 5.32 Å². The summed E-state index contributed by atoms with van der Waals surface area (Å²) in [5.41, 5.74) is 0.0971. The summed E-state index contributed by atoms with van der Waals surface area (Å²) >= 11 is 6.02. The van der Waals surface area contributed by atoms with Gasteiger partial charge in [-0.3, -0.25) is 14.4 Å². The number of methoxy groups -OCH3 is 1. The maximum Gasteiger partial charge on any atom is 0.307 e. The van der Waals surface area contributed by atoms with Crippen molar-refractivity contribution in [3.05, 3.63) is 34.9 Å². The van der Waals surface area contributed by atoms with E-state index in [1.54, 1.807) is 19.1 Å². The number of carboxylic acid groups (broad SMARTS) is 1. The van der Waals surface area contributed by atoms with Crippen LogP contribution in [-0.4, -0.2) is 55.9 Å². The largest absolute Gasteiger partial charge is 0.481 e. The first-order chi connectivity index (χ1) is 16.3. The molecule has 1 aromatic rings. The highest BCUT2D eigenvalue weighted by atomic mass is 35.5. The van der Waals surface area contributed by atoms with Crippen molar-refractivity contribution in [3.8, 4) is 0 Å². The molecule has 1 aliphatic rings. The molecule has 8 nitrogen and oxygen atoms in total. The van der Waals surface area contributed by atoms with E-state index in [1.807, 2.05) is 12.1 Å². The molecule has 2 atom stereocenters. The number of hydrogen-bond acceptors (Lipinski definition) is 6. The number of amides is 1. The smallest absolute Gasteiger partial charge is 0.307 e. The van der Waals surface area contributed by atoms with Gasteiger partial charge in [0.05, 0.1) is 43.6 Å². The van der Waals surface area contributed by atoms with E-state index in [0.29, 0.717) is 30.9 Å². The van der Waals surface area contributed by atoms with Crippen LogP contribution in [0.1, 0.15) is 57.4 Å². The molecule has 190 valence electrons. The maximum absolute atomic E-state index is 13.5. The summed E-state index contributed by atoms with van der Waals surface area (Å²) in [6.45, 7) is 2.67. The summed E-state index contributed by atoms with van der Waals surface area (Å²) in [6.07, 6.45) is 3.51. The van der Waals surface area contributed by atoms with Crippen LogP contribution in [0.3, 0.4) is 0 Å². The van der Waals surface area contributed by atoms with Crippen molar-refractivity contribution < 1.29 is 33.7 Å². The molecule has 1 aromatic carbocycles. The van der Waals surface area contributed by atoms with Crippen molar-refractivity contribution in [2.75, 3.05) is 26.9 Å². The second-order valence-electron chi connectivity index (χ2n) is 8.83. The fourth-order valence-electron chi connectivity index (χ4n) is 4.48. The number of aliphatic carboxylic acids is 1. The molecule has 0 saturated heterocycles. The number of hydrogen-bond donors (Lipinski definition) is 2. The van der Waals surface area contributed by atoms with E-state index in [9.17, 15) is 19.5 Å². The lowest BCUT2D eigenvalue weighted by Crippen LogP contribution is -2.48. The van der Waals surface area contributed by atoms with Crippen LogP contribution in [0.25, 0.3) is 0 Å². The number of carbonyl (C=O) groups excluding carboxylic acids is 2. The number of carboxylic acids is 1. The van der Waals surface area contributed by atoms with E-state index in [0.717, 1.165) is 18.4 Å². The lowest BCUT2D eigenvalue weighted by molar-refractivity contribution is -0.145. The van der Waals surface area contributed by atoms with Gasteiger partial charge in [-0.05, 0) is 50.3 Å². The molecule has 0 bridgehead atoms. The van der Waals surface area contributed by atoms with Crippen LogP contribution in [-0.2, 0) is 35.2 Å². The van der Waals surface area contributed by atoms with E-state index < -0.39 is 29.3 Å². The molecule has 1 aliphatic carbocycles. The lowest BCUT2D eigenvalue weighted by Gasteiger charge is -2.32. The molecule has 0 radical (unpaired) electrons. The third-order valence-electron chi connectivity index (χ3n) is 6.23. The molecule has 2 rings (SSSR count). The third-order valence-corrected chi connectivity index (χ3v) is 6.46. The normalized spacial score (nSPS) is 16.6. The minimum absolute atomic E-state index is 0.0305. The van der Waals surface area contributed by atoms with Crippen LogP contribution < -0.4 is 5.32 Å². The molecule has 1 saturated carbocycles. The van der Waals surface area contributed by atoms with Gasteiger partial charge in [0, 0.05) is 18.7 Å². The zero-order chi connectivity index (χ0) is 25.0. The molecule has 34 heavy (non-hydrogen) atoms. The fraction of sp³-hybridized carbons (Fsp3) is 0.640.